The highest BCUT2D eigenvalue weighted by Gasteiger charge is 2.51. The van der Waals surface area contributed by atoms with Gasteiger partial charge in [0.1, 0.15) is 0 Å². The third kappa shape index (κ3) is 1.80. The molecule has 1 spiro atoms. The molecular weight excluding hydrogens is 404 g/mol. The van der Waals surface area contributed by atoms with Gasteiger partial charge < -0.3 is 0 Å². The SMILES string of the molecule is C=Cc1ccc2c(c1)C1(c3ccccc3-c3ccccc31)c1cc(Br)ccc1-2. The van der Waals surface area contributed by atoms with Gasteiger partial charge in [0.15, 0.2) is 0 Å². The minimum atomic E-state index is -0.277. The largest absolute Gasteiger partial charge is 0.0985 e. The fraction of sp³-hybridized carbons (Fsp3) is 0.0370. The number of hydrogen-bond acceptors (Lipinski definition) is 0. The van der Waals surface area contributed by atoms with Crippen molar-refractivity contribution in [3.05, 3.63) is 124 Å². The minimum Gasteiger partial charge on any atom is -0.0985 e. The summed E-state index contributed by atoms with van der Waals surface area (Å²) in [6.45, 7) is 4.02. The van der Waals surface area contributed by atoms with Gasteiger partial charge in [-0.05, 0) is 68.3 Å². The lowest BCUT2D eigenvalue weighted by molar-refractivity contribution is 0.793. The van der Waals surface area contributed by atoms with Crippen LogP contribution in [0.25, 0.3) is 28.3 Å². The zero-order valence-electron chi connectivity index (χ0n) is 15.2. The van der Waals surface area contributed by atoms with E-state index in [0.717, 1.165) is 10.0 Å². The second-order valence-corrected chi connectivity index (χ2v) is 8.46. The predicted octanol–water partition coefficient (Wildman–Crippen LogP) is 7.44. The van der Waals surface area contributed by atoms with Crippen LogP contribution in [-0.2, 0) is 5.41 Å². The maximum absolute atomic E-state index is 4.02. The average Bonchev–Trinajstić information content (AvgIpc) is 3.20. The van der Waals surface area contributed by atoms with Crippen LogP contribution in [0.5, 0.6) is 0 Å². The molecule has 0 amide bonds. The van der Waals surface area contributed by atoms with Crippen molar-refractivity contribution in [2.75, 3.05) is 0 Å². The summed E-state index contributed by atoms with van der Waals surface area (Å²) in [5.41, 5.74) is 11.6. The van der Waals surface area contributed by atoms with Gasteiger partial charge in [-0.1, -0.05) is 95.3 Å². The Hall–Kier alpha value is -2.90. The number of hydrogen-bond donors (Lipinski definition) is 0. The van der Waals surface area contributed by atoms with E-state index in [-0.39, 0.29) is 5.41 Å². The Morgan fingerprint density at radius 2 is 1.14 bits per heavy atom. The van der Waals surface area contributed by atoms with Gasteiger partial charge in [-0.25, -0.2) is 0 Å². The zero-order valence-corrected chi connectivity index (χ0v) is 16.8. The van der Waals surface area contributed by atoms with Crippen molar-refractivity contribution in [3.63, 3.8) is 0 Å². The Bertz CT molecular complexity index is 1250. The van der Waals surface area contributed by atoms with Crippen LogP contribution < -0.4 is 0 Å². The summed E-state index contributed by atoms with van der Waals surface area (Å²) >= 11 is 3.73. The van der Waals surface area contributed by atoms with E-state index in [9.17, 15) is 0 Å². The highest BCUT2D eigenvalue weighted by atomic mass is 79.9. The van der Waals surface area contributed by atoms with E-state index in [4.69, 9.17) is 0 Å². The first-order valence-electron chi connectivity index (χ1n) is 9.52. The molecule has 0 aliphatic heterocycles. The summed E-state index contributed by atoms with van der Waals surface area (Å²) in [5, 5.41) is 0. The maximum atomic E-state index is 4.02. The maximum Gasteiger partial charge on any atom is 0.0726 e. The molecule has 132 valence electrons. The molecule has 0 unspecified atom stereocenters. The summed E-state index contributed by atoms with van der Waals surface area (Å²) in [4.78, 5) is 0. The Kier molecular flexibility index (Phi) is 3.19. The van der Waals surface area contributed by atoms with Gasteiger partial charge in [0, 0.05) is 4.47 Å². The standard InChI is InChI=1S/C27H17Br/c1-2-17-11-13-21-22-14-12-18(28)16-26(22)27(25(21)15-17)23-9-5-3-7-19(23)20-8-4-6-10-24(20)27/h2-16H,1H2. The first kappa shape index (κ1) is 16.1. The molecule has 6 rings (SSSR count). The molecule has 4 aromatic rings. The van der Waals surface area contributed by atoms with Crippen LogP contribution in [-0.4, -0.2) is 0 Å². The lowest BCUT2D eigenvalue weighted by Gasteiger charge is -2.30. The van der Waals surface area contributed by atoms with Crippen LogP contribution in [0.2, 0.25) is 0 Å². The Balaban J connectivity index is 1.87. The highest BCUT2D eigenvalue weighted by Crippen LogP contribution is 2.62. The van der Waals surface area contributed by atoms with E-state index >= 15 is 0 Å². The van der Waals surface area contributed by atoms with Crippen molar-refractivity contribution >= 4 is 22.0 Å². The zero-order chi connectivity index (χ0) is 18.9. The summed E-state index contributed by atoms with van der Waals surface area (Å²) in [7, 11) is 0. The third-order valence-electron chi connectivity index (χ3n) is 6.31. The van der Waals surface area contributed by atoms with Crippen LogP contribution in [0.3, 0.4) is 0 Å². The minimum absolute atomic E-state index is 0.277. The molecular formula is C27H17Br. The molecule has 0 nitrogen and oxygen atoms in total. The van der Waals surface area contributed by atoms with Gasteiger partial charge >= 0.3 is 0 Å². The molecule has 4 aromatic carbocycles. The lowest BCUT2D eigenvalue weighted by atomic mass is 9.70. The molecule has 1 heteroatoms. The molecule has 28 heavy (non-hydrogen) atoms. The quantitative estimate of drug-likeness (QED) is 0.259. The van der Waals surface area contributed by atoms with Gasteiger partial charge in [0.25, 0.3) is 0 Å². The fourth-order valence-electron chi connectivity index (χ4n) is 5.26. The van der Waals surface area contributed by atoms with Crippen LogP contribution in [0.15, 0.2) is 96.0 Å². The Labute approximate surface area is 173 Å². The summed E-state index contributed by atoms with van der Waals surface area (Å²) in [6, 6.07) is 31.2. The third-order valence-corrected chi connectivity index (χ3v) is 6.80. The van der Waals surface area contributed by atoms with Crippen LogP contribution >= 0.6 is 15.9 Å². The fourth-order valence-corrected chi connectivity index (χ4v) is 5.62. The molecule has 0 atom stereocenters. The van der Waals surface area contributed by atoms with Gasteiger partial charge in [-0.2, -0.15) is 0 Å². The summed E-state index contributed by atoms with van der Waals surface area (Å²) < 4.78 is 1.12. The highest BCUT2D eigenvalue weighted by molar-refractivity contribution is 9.10. The van der Waals surface area contributed by atoms with Crippen molar-refractivity contribution in [2.24, 2.45) is 0 Å². The number of halogens is 1. The van der Waals surface area contributed by atoms with Crippen LogP contribution in [0.1, 0.15) is 27.8 Å². The molecule has 0 N–H and O–H groups in total. The summed E-state index contributed by atoms with van der Waals surface area (Å²) in [5.74, 6) is 0. The van der Waals surface area contributed by atoms with Crippen molar-refractivity contribution in [1.29, 1.82) is 0 Å². The van der Waals surface area contributed by atoms with E-state index in [1.807, 2.05) is 6.08 Å². The van der Waals surface area contributed by atoms with E-state index in [1.165, 1.54) is 44.5 Å². The smallest absolute Gasteiger partial charge is 0.0726 e. The molecule has 0 aromatic heterocycles. The number of rotatable bonds is 1. The number of fused-ring (bicyclic) bond motifs is 10. The molecule has 0 saturated carbocycles. The molecule has 2 aliphatic carbocycles. The topological polar surface area (TPSA) is 0 Å². The Morgan fingerprint density at radius 3 is 1.79 bits per heavy atom. The Morgan fingerprint density at radius 1 is 0.607 bits per heavy atom. The first-order chi connectivity index (χ1) is 13.7. The molecule has 0 bridgehead atoms. The van der Waals surface area contributed by atoms with Crippen molar-refractivity contribution in [3.8, 4) is 22.3 Å². The van der Waals surface area contributed by atoms with Gasteiger partial charge in [0.2, 0.25) is 0 Å². The van der Waals surface area contributed by atoms with Gasteiger partial charge in [0.05, 0.1) is 5.41 Å². The van der Waals surface area contributed by atoms with E-state index in [0.29, 0.717) is 0 Å². The van der Waals surface area contributed by atoms with E-state index in [2.05, 4.69) is 107 Å². The van der Waals surface area contributed by atoms with Crippen molar-refractivity contribution in [2.45, 2.75) is 5.41 Å². The monoisotopic (exact) mass is 420 g/mol. The van der Waals surface area contributed by atoms with Gasteiger partial charge in [-0.15, -0.1) is 0 Å². The predicted molar refractivity (Wildman–Crippen MR) is 121 cm³/mol. The lowest BCUT2D eigenvalue weighted by Crippen LogP contribution is -2.25. The molecule has 0 radical (unpaired) electrons. The molecule has 2 aliphatic rings. The van der Waals surface area contributed by atoms with Gasteiger partial charge in [-0.3, -0.25) is 0 Å². The van der Waals surface area contributed by atoms with Crippen LogP contribution in [0, 0.1) is 0 Å². The van der Waals surface area contributed by atoms with E-state index in [1.54, 1.807) is 0 Å². The normalized spacial score (nSPS) is 14.3. The van der Waals surface area contributed by atoms with E-state index < -0.39 is 0 Å². The molecule has 0 saturated heterocycles. The van der Waals surface area contributed by atoms with Crippen molar-refractivity contribution in [1.82, 2.24) is 0 Å². The van der Waals surface area contributed by atoms with Crippen LogP contribution in [0.4, 0.5) is 0 Å². The molecule has 0 heterocycles. The second kappa shape index (κ2) is 5.56. The van der Waals surface area contributed by atoms with Crippen molar-refractivity contribution < 1.29 is 0 Å². The molecule has 0 fully saturated rings. The first-order valence-corrected chi connectivity index (χ1v) is 10.3. The summed E-state index contributed by atoms with van der Waals surface area (Å²) in [6.07, 6.45) is 1.94. The second-order valence-electron chi connectivity index (χ2n) is 7.54. The number of benzene rings is 4. The average molecular weight is 421 g/mol.